The standard InChI is InChI=1S/C20H22N2O3S3/c1-2-25-19(24)17-14-10-6-7-11-15(14)28-18(17)22-20(26)21-16(23)12-27-13-8-4-3-5-9-13/h3-5,8-9H,2,6-7,10-12H2,1H3,(H2,21,22,23,26). The lowest BCUT2D eigenvalue weighted by Crippen LogP contribution is -2.35. The maximum atomic E-state index is 12.5. The van der Waals surface area contributed by atoms with E-state index in [1.165, 1.54) is 28.0 Å². The van der Waals surface area contributed by atoms with Crippen molar-refractivity contribution in [1.29, 1.82) is 0 Å². The summed E-state index contributed by atoms with van der Waals surface area (Å²) in [6, 6.07) is 9.71. The van der Waals surface area contributed by atoms with E-state index in [1.54, 1.807) is 6.92 Å². The zero-order valence-electron chi connectivity index (χ0n) is 15.6. The number of benzene rings is 1. The van der Waals surface area contributed by atoms with Gasteiger partial charge in [0.05, 0.1) is 17.9 Å². The van der Waals surface area contributed by atoms with Crippen LogP contribution in [0.1, 0.15) is 40.6 Å². The first-order valence-electron chi connectivity index (χ1n) is 9.18. The summed E-state index contributed by atoms with van der Waals surface area (Å²) in [7, 11) is 0. The smallest absolute Gasteiger partial charge is 0.341 e. The zero-order chi connectivity index (χ0) is 19.9. The van der Waals surface area contributed by atoms with Crippen LogP contribution < -0.4 is 10.6 Å². The third-order valence-corrected chi connectivity index (χ3v) is 6.67. The molecule has 0 radical (unpaired) electrons. The zero-order valence-corrected chi connectivity index (χ0v) is 18.0. The Morgan fingerprint density at radius 1 is 1.21 bits per heavy atom. The second-order valence-corrected chi connectivity index (χ2v) is 8.80. The topological polar surface area (TPSA) is 67.4 Å². The van der Waals surface area contributed by atoms with Crippen LogP contribution in [0.15, 0.2) is 35.2 Å². The summed E-state index contributed by atoms with van der Waals surface area (Å²) in [5, 5.41) is 6.59. The van der Waals surface area contributed by atoms with Gasteiger partial charge in [-0.05, 0) is 62.5 Å². The van der Waals surface area contributed by atoms with E-state index in [4.69, 9.17) is 17.0 Å². The number of aryl methyl sites for hydroxylation is 1. The van der Waals surface area contributed by atoms with Crippen LogP contribution in [0.25, 0.3) is 0 Å². The predicted molar refractivity (Wildman–Crippen MR) is 118 cm³/mol. The maximum absolute atomic E-state index is 12.5. The van der Waals surface area contributed by atoms with E-state index in [0.29, 0.717) is 17.2 Å². The van der Waals surface area contributed by atoms with Crippen LogP contribution in [-0.2, 0) is 22.4 Å². The van der Waals surface area contributed by atoms with Crippen molar-refractivity contribution in [1.82, 2.24) is 5.32 Å². The van der Waals surface area contributed by atoms with E-state index in [-0.39, 0.29) is 22.7 Å². The van der Waals surface area contributed by atoms with Crippen LogP contribution >= 0.6 is 35.3 Å². The number of rotatable bonds is 6. The number of anilines is 1. The van der Waals surface area contributed by atoms with Crippen molar-refractivity contribution in [2.24, 2.45) is 0 Å². The number of hydrogen-bond donors (Lipinski definition) is 2. The fourth-order valence-electron chi connectivity index (χ4n) is 3.04. The molecule has 0 spiro atoms. The molecule has 0 saturated heterocycles. The molecule has 148 valence electrons. The summed E-state index contributed by atoms with van der Waals surface area (Å²) in [4.78, 5) is 26.9. The van der Waals surface area contributed by atoms with Gasteiger partial charge in [-0.25, -0.2) is 4.79 Å². The van der Waals surface area contributed by atoms with E-state index >= 15 is 0 Å². The lowest BCUT2D eigenvalue weighted by atomic mass is 9.95. The SMILES string of the molecule is CCOC(=O)c1c(NC(=S)NC(=O)CSc2ccccc2)sc2c1CCCC2. The van der Waals surface area contributed by atoms with Crippen molar-refractivity contribution in [2.45, 2.75) is 37.5 Å². The van der Waals surface area contributed by atoms with Crippen LogP contribution in [0.4, 0.5) is 5.00 Å². The minimum absolute atomic E-state index is 0.189. The molecule has 1 aromatic carbocycles. The van der Waals surface area contributed by atoms with Gasteiger partial charge in [0, 0.05) is 9.77 Å². The molecule has 1 heterocycles. The number of amides is 1. The summed E-state index contributed by atoms with van der Waals surface area (Å²) >= 11 is 8.27. The molecule has 0 atom stereocenters. The molecule has 2 N–H and O–H groups in total. The molecular formula is C20H22N2O3S3. The summed E-state index contributed by atoms with van der Waals surface area (Å²) in [5.41, 5.74) is 1.63. The lowest BCUT2D eigenvalue weighted by Gasteiger charge is -2.13. The quantitative estimate of drug-likeness (QED) is 0.399. The number of thiocarbonyl (C=S) groups is 1. The maximum Gasteiger partial charge on any atom is 0.341 e. The van der Waals surface area contributed by atoms with Crippen molar-refractivity contribution in [3.8, 4) is 0 Å². The highest BCUT2D eigenvalue weighted by Crippen LogP contribution is 2.38. The fraction of sp³-hybridized carbons (Fsp3) is 0.350. The third kappa shape index (κ3) is 5.33. The Bertz CT molecular complexity index is 865. The molecule has 8 heteroatoms. The van der Waals surface area contributed by atoms with Gasteiger partial charge in [-0.2, -0.15) is 0 Å². The van der Waals surface area contributed by atoms with E-state index < -0.39 is 0 Å². The summed E-state index contributed by atoms with van der Waals surface area (Å²) in [6.07, 6.45) is 4.01. The third-order valence-electron chi connectivity index (χ3n) is 4.24. The Labute approximate surface area is 178 Å². The van der Waals surface area contributed by atoms with Gasteiger partial charge in [-0.3, -0.25) is 4.79 Å². The number of esters is 1. The van der Waals surface area contributed by atoms with E-state index in [9.17, 15) is 9.59 Å². The van der Waals surface area contributed by atoms with Gasteiger partial charge in [-0.1, -0.05) is 18.2 Å². The van der Waals surface area contributed by atoms with Crippen LogP contribution in [0.3, 0.4) is 0 Å². The predicted octanol–water partition coefficient (Wildman–Crippen LogP) is 4.41. The number of carbonyl (C=O) groups excluding carboxylic acids is 2. The highest BCUT2D eigenvalue weighted by atomic mass is 32.2. The average Bonchev–Trinajstić information content (AvgIpc) is 3.05. The van der Waals surface area contributed by atoms with Crippen molar-refractivity contribution in [3.63, 3.8) is 0 Å². The van der Waals surface area contributed by atoms with Crippen LogP contribution in [0.2, 0.25) is 0 Å². The number of ether oxygens (including phenoxy) is 1. The van der Waals surface area contributed by atoms with Crippen molar-refractivity contribution >= 4 is 57.3 Å². The molecule has 1 aliphatic rings. The molecule has 0 unspecified atom stereocenters. The fourth-order valence-corrected chi connectivity index (χ4v) is 5.32. The number of thioether (sulfide) groups is 1. The summed E-state index contributed by atoms with van der Waals surface area (Å²) < 4.78 is 5.24. The van der Waals surface area contributed by atoms with Gasteiger partial charge >= 0.3 is 5.97 Å². The number of hydrogen-bond acceptors (Lipinski definition) is 6. The monoisotopic (exact) mass is 434 g/mol. The number of carbonyl (C=O) groups is 2. The van der Waals surface area contributed by atoms with Crippen molar-refractivity contribution in [2.75, 3.05) is 17.7 Å². The van der Waals surface area contributed by atoms with E-state index in [1.807, 2.05) is 30.3 Å². The molecule has 0 fully saturated rings. The minimum Gasteiger partial charge on any atom is -0.462 e. The van der Waals surface area contributed by atoms with Gasteiger partial charge in [0.2, 0.25) is 5.91 Å². The first-order chi connectivity index (χ1) is 13.6. The Morgan fingerprint density at radius 2 is 1.96 bits per heavy atom. The van der Waals surface area contributed by atoms with Crippen molar-refractivity contribution < 1.29 is 14.3 Å². The lowest BCUT2D eigenvalue weighted by molar-refractivity contribution is -0.117. The van der Waals surface area contributed by atoms with Crippen LogP contribution in [0.5, 0.6) is 0 Å². The molecule has 0 saturated carbocycles. The highest BCUT2D eigenvalue weighted by molar-refractivity contribution is 8.00. The van der Waals surface area contributed by atoms with Gasteiger partial charge in [-0.15, -0.1) is 23.1 Å². The van der Waals surface area contributed by atoms with Crippen LogP contribution in [0, 0.1) is 0 Å². The first-order valence-corrected chi connectivity index (χ1v) is 11.4. The molecule has 0 bridgehead atoms. The first kappa shape index (κ1) is 20.8. The Hall–Kier alpha value is -1.90. The second kappa shape index (κ2) is 10.0. The number of nitrogens with one attached hydrogen (secondary N) is 2. The molecule has 0 aliphatic heterocycles. The van der Waals surface area contributed by atoms with E-state index in [2.05, 4.69) is 10.6 Å². The number of thiophene rings is 1. The highest BCUT2D eigenvalue weighted by Gasteiger charge is 2.26. The molecule has 1 aliphatic carbocycles. The number of fused-ring (bicyclic) bond motifs is 1. The van der Waals surface area contributed by atoms with Gasteiger partial charge < -0.3 is 15.4 Å². The Kier molecular flexibility index (Phi) is 7.47. The van der Waals surface area contributed by atoms with Gasteiger partial charge in [0.25, 0.3) is 0 Å². The molecule has 28 heavy (non-hydrogen) atoms. The molecule has 3 rings (SSSR count). The Morgan fingerprint density at radius 3 is 2.71 bits per heavy atom. The Balaban J connectivity index is 1.63. The molecule has 1 amide bonds. The van der Waals surface area contributed by atoms with Crippen LogP contribution in [-0.4, -0.2) is 29.3 Å². The van der Waals surface area contributed by atoms with Gasteiger partial charge in [0.15, 0.2) is 5.11 Å². The van der Waals surface area contributed by atoms with Crippen molar-refractivity contribution in [3.05, 3.63) is 46.3 Å². The van der Waals surface area contributed by atoms with E-state index in [0.717, 1.165) is 36.1 Å². The molecular weight excluding hydrogens is 412 g/mol. The molecule has 1 aromatic heterocycles. The molecule has 2 aromatic rings. The molecule has 5 nitrogen and oxygen atoms in total. The summed E-state index contributed by atoms with van der Waals surface area (Å²) in [6.45, 7) is 2.11. The average molecular weight is 435 g/mol. The normalized spacial score (nSPS) is 12.8. The summed E-state index contributed by atoms with van der Waals surface area (Å²) in [5.74, 6) is -0.263. The van der Waals surface area contributed by atoms with Gasteiger partial charge in [0.1, 0.15) is 5.00 Å². The second-order valence-electron chi connectivity index (χ2n) is 6.24. The minimum atomic E-state index is -0.335. The largest absolute Gasteiger partial charge is 0.462 e.